The Kier molecular flexibility index (Phi) is 4.98. The summed E-state index contributed by atoms with van der Waals surface area (Å²) in [5.74, 6) is -0.997. The first-order valence-electron chi connectivity index (χ1n) is 7.15. The molecular formula is C16H22N2O3. The molecule has 2 N–H and O–H groups in total. The van der Waals surface area contributed by atoms with Crippen LogP contribution in [0.3, 0.4) is 0 Å². The summed E-state index contributed by atoms with van der Waals surface area (Å²) in [5.41, 5.74) is 1.33. The van der Waals surface area contributed by atoms with Gasteiger partial charge in [-0.2, -0.15) is 0 Å². The second-order valence-corrected chi connectivity index (χ2v) is 5.46. The van der Waals surface area contributed by atoms with Gasteiger partial charge >= 0.3 is 5.97 Å². The van der Waals surface area contributed by atoms with Crippen LogP contribution < -0.4 is 5.32 Å². The van der Waals surface area contributed by atoms with Gasteiger partial charge in [0.25, 0.3) is 0 Å². The Morgan fingerprint density at radius 2 is 2.10 bits per heavy atom. The molecule has 0 spiro atoms. The Morgan fingerprint density at radius 1 is 1.38 bits per heavy atom. The zero-order valence-corrected chi connectivity index (χ0v) is 12.7. The number of nitrogens with one attached hydrogen (secondary N) is 1. The summed E-state index contributed by atoms with van der Waals surface area (Å²) >= 11 is 0. The summed E-state index contributed by atoms with van der Waals surface area (Å²) in [6, 6.07) is 7.91. The van der Waals surface area contributed by atoms with Crippen molar-refractivity contribution >= 4 is 16.9 Å². The fraction of sp³-hybridized carbons (Fsp3) is 0.438. The lowest BCUT2D eigenvalue weighted by molar-refractivity contribution is 0.0663. The van der Waals surface area contributed by atoms with Gasteiger partial charge in [-0.3, -0.25) is 0 Å². The quantitative estimate of drug-likeness (QED) is 0.767. The van der Waals surface area contributed by atoms with Gasteiger partial charge in [0.2, 0.25) is 5.76 Å². The van der Waals surface area contributed by atoms with Crippen molar-refractivity contribution in [3.8, 4) is 0 Å². The number of hydrogen-bond acceptors (Lipinski definition) is 4. The second kappa shape index (κ2) is 6.74. The maximum absolute atomic E-state index is 11.3. The van der Waals surface area contributed by atoms with Crippen LogP contribution in [-0.4, -0.2) is 42.2 Å². The summed E-state index contributed by atoms with van der Waals surface area (Å²) in [4.78, 5) is 13.5. The Hall–Kier alpha value is -1.85. The number of rotatable bonds is 7. The van der Waals surface area contributed by atoms with Crippen LogP contribution in [0.1, 0.15) is 30.0 Å². The number of fused-ring (bicyclic) bond motifs is 1. The molecular weight excluding hydrogens is 268 g/mol. The van der Waals surface area contributed by atoms with Crippen molar-refractivity contribution in [2.24, 2.45) is 0 Å². The molecule has 5 heteroatoms. The van der Waals surface area contributed by atoms with Gasteiger partial charge in [0.1, 0.15) is 5.58 Å². The van der Waals surface area contributed by atoms with Crippen molar-refractivity contribution in [2.45, 2.75) is 26.4 Å². The van der Waals surface area contributed by atoms with Crippen LogP contribution in [0.25, 0.3) is 11.0 Å². The first-order valence-corrected chi connectivity index (χ1v) is 7.15. The number of carboxylic acids is 1. The Balaban J connectivity index is 2.07. The Labute approximate surface area is 124 Å². The van der Waals surface area contributed by atoms with Crippen molar-refractivity contribution in [3.05, 3.63) is 35.6 Å². The molecule has 0 saturated carbocycles. The van der Waals surface area contributed by atoms with E-state index in [1.165, 1.54) is 0 Å². The molecule has 5 nitrogen and oxygen atoms in total. The monoisotopic (exact) mass is 290 g/mol. The fourth-order valence-electron chi connectivity index (χ4n) is 2.17. The van der Waals surface area contributed by atoms with Crippen LogP contribution >= 0.6 is 0 Å². The number of carboxylic acid groups (broad SMARTS) is 1. The maximum atomic E-state index is 11.3. The number of likely N-dealkylation sites (N-methyl/N-ethyl adjacent to an activating group) is 1. The molecule has 21 heavy (non-hydrogen) atoms. The molecule has 1 heterocycles. The average molecular weight is 290 g/mol. The van der Waals surface area contributed by atoms with Crippen LogP contribution in [0.15, 0.2) is 28.7 Å². The minimum absolute atomic E-state index is 0.0286. The molecule has 0 aliphatic carbocycles. The van der Waals surface area contributed by atoms with Crippen molar-refractivity contribution in [1.29, 1.82) is 0 Å². The molecule has 2 aromatic rings. The van der Waals surface area contributed by atoms with E-state index in [-0.39, 0.29) is 5.76 Å². The van der Waals surface area contributed by atoms with E-state index < -0.39 is 5.97 Å². The molecule has 0 aliphatic rings. The fourth-order valence-corrected chi connectivity index (χ4v) is 2.17. The number of para-hydroxylation sites is 1. The number of aromatic carboxylic acids is 1. The zero-order chi connectivity index (χ0) is 15.4. The van der Waals surface area contributed by atoms with E-state index in [1.54, 1.807) is 6.07 Å². The summed E-state index contributed by atoms with van der Waals surface area (Å²) < 4.78 is 5.43. The topological polar surface area (TPSA) is 65.7 Å². The second-order valence-electron chi connectivity index (χ2n) is 5.46. The third kappa shape index (κ3) is 3.62. The third-order valence-corrected chi connectivity index (χ3v) is 3.72. The molecule has 114 valence electrons. The van der Waals surface area contributed by atoms with Gasteiger partial charge in [-0.15, -0.1) is 0 Å². The minimum Gasteiger partial charge on any atom is -0.475 e. The minimum atomic E-state index is -1.03. The molecule has 0 unspecified atom stereocenters. The van der Waals surface area contributed by atoms with Gasteiger partial charge in [0.15, 0.2) is 0 Å². The van der Waals surface area contributed by atoms with Crippen LogP contribution in [0.5, 0.6) is 0 Å². The standard InChI is InChI=1S/C16H22N2O3/c1-11(2)18(3)9-8-17-10-13-12-6-4-5-7-14(12)21-15(13)16(19)20/h4-7,11,17H,8-10H2,1-3H3,(H,19,20). The highest BCUT2D eigenvalue weighted by molar-refractivity contribution is 5.95. The highest BCUT2D eigenvalue weighted by Crippen LogP contribution is 2.25. The molecule has 1 aromatic heterocycles. The summed E-state index contributed by atoms with van der Waals surface area (Å²) in [5, 5.41) is 13.4. The number of carbonyl (C=O) groups is 1. The van der Waals surface area contributed by atoms with Crippen LogP contribution in [0.2, 0.25) is 0 Å². The van der Waals surface area contributed by atoms with Gasteiger partial charge in [-0.25, -0.2) is 4.79 Å². The molecule has 0 aliphatic heterocycles. The van der Waals surface area contributed by atoms with Crippen molar-refractivity contribution in [1.82, 2.24) is 10.2 Å². The summed E-state index contributed by atoms with van der Waals surface area (Å²) in [6.07, 6.45) is 0. The van der Waals surface area contributed by atoms with Gasteiger partial charge < -0.3 is 19.7 Å². The highest BCUT2D eigenvalue weighted by atomic mass is 16.4. The molecule has 0 bridgehead atoms. The van der Waals surface area contributed by atoms with Crippen molar-refractivity contribution < 1.29 is 14.3 Å². The number of hydrogen-bond donors (Lipinski definition) is 2. The van der Waals surface area contributed by atoms with Gasteiger partial charge in [-0.1, -0.05) is 18.2 Å². The van der Waals surface area contributed by atoms with Crippen molar-refractivity contribution in [3.63, 3.8) is 0 Å². The van der Waals surface area contributed by atoms with Crippen molar-refractivity contribution in [2.75, 3.05) is 20.1 Å². The number of furan rings is 1. The molecule has 0 saturated heterocycles. The van der Waals surface area contributed by atoms with Gasteiger partial charge in [-0.05, 0) is 27.0 Å². The Bertz CT molecular complexity index is 619. The number of benzene rings is 1. The largest absolute Gasteiger partial charge is 0.475 e. The van der Waals surface area contributed by atoms with Crippen LogP contribution in [-0.2, 0) is 6.54 Å². The van der Waals surface area contributed by atoms with Gasteiger partial charge in [0, 0.05) is 36.6 Å². The van der Waals surface area contributed by atoms with E-state index in [0.29, 0.717) is 23.7 Å². The predicted molar refractivity (Wildman–Crippen MR) is 82.6 cm³/mol. The number of nitrogens with zero attached hydrogens (tertiary/aromatic N) is 1. The average Bonchev–Trinajstić information content (AvgIpc) is 2.82. The highest BCUT2D eigenvalue weighted by Gasteiger charge is 2.19. The van der Waals surface area contributed by atoms with E-state index in [4.69, 9.17) is 4.42 Å². The zero-order valence-electron chi connectivity index (χ0n) is 12.7. The SMILES string of the molecule is CC(C)N(C)CCNCc1c(C(=O)O)oc2ccccc12. The molecule has 0 radical (unpaired) electrons. The van der Waals surface area contributed by atoms with Crippen LogP contribution in [0.4, 0.5) is 0 Å². The van der Waals surface area contributed by atoms with E-state index in [2.05, 4.69) is 31.1 Å². The van der Waals surface area contributed by atoms with E-state index in [1.807, 2.05) is 18.2 Å². The normalized spacial score (nSPS) is 11.7. The first kappa shape index (κ1) is 15.5. The lowest BCUT2D eigenvalue weighted by atomic mass is 10.1. The van der Waals surface area contributed by atoms with E-state index in [0.717, 1.165) is 18.5 Å². The Morgan fingerprint density at radius 3 is 2.76 bits per heavy atom. The van der Waals surface area contributed by atoms with Gasteiger partial charge in [0.05, 0.1) is 0 Å². The third-order valence-electron chi connectivity index (χ3n) is 3.72. The molecule has 2 rings (SSSR count). The van der Waals surface area contributed by atoms with E-state index in [9.17, 15) is 9.90 Å². The molecule has 1 aromatic carbocycles. The maximum Gasteiger partial charge on any atom is 0.372 e. The first-order chi connectivity index (χ1) is 10.0. The predicted octanol–water partition coefficient (Wildman–Crippen LogP) is 2.56. The van der Waals surface area contributed by atoms with Crippen LogP contribution in [0, 0.1) is 0 Å². The lowest BCUT2D eigenvalue weighted by Gasteiger charge is -2.20. The smallest absolute Gasteiger partial charge is 0.372 e. The molecule has 0 atom stereocenters. The van der Waals surface area contributed by atoms with E-state index >= 15 is 0 Å². The lowest BCUT2D eigenvalue weighted by Crippen LogP contribution is -2.33. The summed E-state index contributed by atoms with van der Waals surface area (Å²) in [6.45, 7) is 6.49. The molecule has 0 fully saturated rings. The summed E-state index contributed by atoms with van der Waals surface area (Å²) in [7, 11) is 2.07. The molecule has 0 amide bonds.